The summed E-state index contributed by atoms with van der Waals surface area (Å²) in [6.45, 7) is 4.53. The first-order valence-corrected chi connectivity index (χ1v) is 5.23. The van der Waals surface area contributed by atoms with E-state index in [0.29, 0.717) is 19.5 Å². The second kappa shape index (κ2) is 4.61. The zero-order valence-electron chi connectivity index (χ0n) is 9.56. The number of hydrogen-bond acceptors (Lipinski definition) is 3. The lowest BCUT2D eigenvalue weighted by atomic mass is 10.2. The largest absolute Gasteiger partial charge is 0.343 e. The molecule has 0 aromatic carbocycles. The predicted octanol–water partition coefficient (Wildman–Crippen LogP) is -0.587. The third-order valence-corrected chi connectivity index (χ3v) is 2.67. The summed E-state index contributed by atoms with van der Waals surface area (Å²) in [4.78, 5) is 26.7. The number of nitrogens with two attached hydrogens (primary N) is 1. The van der Waals surface area contributed by atoms with Crippen LogP contribution in [0.15, 0.2) is 0 Å². The maximum atomic E-state index is 11.8. The average molecular weight is 213 g/mol. The molecule has 0 aromatic rings. The number of rotatable bonds is 2. The van der Waals surface area contributed by atoms with Crippen LogP contribution >= 0.6 is 0 Å². The van der Waals surface area contributed by atoms with Crippen LogP contribution in [0.2, 0.25) is 0 Å². The molecule has 2 atom stereocenters. The summed E-state index contributed by atoms with van der Waals surface area (Å²) < 4.78 is 0. The van der Waals surface area contributed by atoms with Crippen LogP contribution in [-0.2, 0) is 9.59 Å². The van der Waals surface area contributed by atoms with Gasteiger partial charge < -0.3 is 15.5 Å². The van der Waals surface area contributed by atoms with E-state index in [4.69, 9.17) is 5.73 Å². The number of amides is 2. The third-order valence-electron chi connectivity index (χ3n) is 2.67. The molecule has 0 spiro atoms. The van der Waals surface area contributed by atoms with Crippen molar-refractivity contribution >= 4 is 11.8 Å². The Bertz CT molecular complexity index is 265. The molecule has 5 heteroatoms. The Balaban J connectivity index is 2.82. The number of carbonyl (C=O) groups excluding carboxylic acids is 2. The van der Waals surface area contributed by atoms with Gasteiger partial charge in [-0.1, -0.05) is 0 Å². The molecule has 2 amide bonds. The van der Waals surface area contributed by atoms with Crippen LogP contribution in [0.4, 0.5) is 0 Å². The van der Waals surface area contributed by atoms with Gasteiger partial charge in [-0.3, -0.25) is 9.59 Å². The predicted molar refractivity (Wildman–Crippen MR) is 57.1 cm³/mol. The standard InChI is InChI=1S/C10H19N3O2/c1-7(11)6-13-8(2)10(15)12(3)5-4-9(13)14/h7-8H,4-6,11H2,1-3H3. The third kappa shape index (κ3) is 2.68. The fraction of sp³-hybridized carbons (Fsp3) is 0.800. The Hall–Kier alpha value is -1.10. The fourth-order valence-electron chi connectivity index (χ4n) is 1.76. The van der Waals surface area contributed by atoms with Crippen molar-refractivity contribution in [3.8, 4) is 0 Å². The highest BCUT2D eigenvalue weighted by molar-refractivity contribution is 5.89. The van der Waals surface area contributed by atoms with E-state index in [1.165, 1.54) is 0 Å². The lowest BCUT2D eigenvalue weighted by Crippen LogP contribution is -2.48. The molecule has 0 aromatic heterocycles. The molecule has 15 heavy (non-hydrogen) atoms. The van der Waals surface area contributed by atoms with Gasteiger partial charge in [0.2, 0.25) is 11.8 Å². The SMILES string of the molecule is CC(N)CN1C(=O)CCN(C)C(=O)C1C. The highest BCUT2D eigenvalue weighted by Gasteiger charge is 2.31. The van der Waals surface area contributed by atoms with E-state index in [1.54, 1.807) is 23.8 Å². The second-order valence-corrected chi connectivity index (χ2v) is 4.21. The van der Waals surface area contributed by atoms with Gasteiger partial charge in [-0.2, -0.15) is 0 Å². The van der Waals surface area contributed by atoms with E-state index >= 15 is 0 Å². The van der Waals surface area contributed by atoms with E-state index in [2.05, 4.69) is 0 Å². The molecule has 1 aliphatic rings. The number of likely N-dealkylation sites (N-methyl/N-ethyl adjacent to an activating group) is 1. The van der Waals surface area contributed by atoms with Gasteiger partial charge in [-0.15, -0.1) is 0 Å². The van der Waals surface area contributed by atoms with E-state index in [9.17, 15) is 9.59 Å². The van der Waals surface area contributed by atoms with Crippen molar-refractivity contribution in [1.82, 2.24) is 9.80 Å². The normalized spacial score (nSPS) is 25.5. The molecular formula is C10H19N3O2. The van der Waals surface area contributed by atoms with Crippen molar-refractivity contribution in [2.45, 2.75) is 32.4 Å². The van der Waals surface area contributed by atoms with Crippen LogP contribution in [0, 0.1) is 0 Å². The Morgan fingerprint density at radius 1 is 1.53 bits per heavy atom. The summed E-state index contributed by atoms with van der Waals surface area (Å²) >= 11 is 0. The van der Waals surface area contributed by atoms with Gasteiger partial charge in [0.1, 0.15) is 6.04 Å². The quantitative estimate of drug-likeness (QED) is 0.667. The first-order chi connectivity index (χ1) is 6.93. The van der Waals surface area contributed by atoms with Crippen molar-refractivity contribution in [2.24, 2.45) is 5.73 Å². The smallest absolute Gasteiger partial charge is 0.244 e. The molecule has 1 heterocycles. The van der Waals surface area contributed by atoms with Crippen LogP contribution in [0.3, 0.4) is 0 Å². The molecule has 0 radical (unpaired) electrons. The molecule has 5 nitrogen and oxygen atoms in total. The Morgan fingerprint density at radius 2 is 2.13 bits per heavy atom. The molecule has 2 N–H and O–H groups in total. The monoisotopic (exact) mass is 213 g/mol. The molecule has 1 rings (SSSR count). The van der Waals surface area contributed by atoms with Crippen molar-refractivity contribution in [3.63, 3.8) is 0 Å². The molecule has 1 saturated heterocycles. The minimum atomic E-state index is -0.393. The number of carbonyl (C=O) groups is 2. The Morgan fingerprint density at radius 3 is 2.67 bits per heavy atom. The average Bonchev–Trinajstić information content (AvgIpc) is 2.25. The summed E-state index contributed by atoms with van der Waals surface area (Å²) in [6.07, 6.45) is 0.388. The van der Waals surface area contributed by atoms with Gasteiger partial charge in [0.15, 0.2) is 0 Å². The summed E-state index contributed by atoms with van der Waals surface area (Å²) in [6, 6.07) is -0.497. The first kappa shape index (κ1) is 12.0. The minimum absolute atomic E-state index is 0.0116. The topological polar surface area (TPSA) is 66.6 Å². The van der Waals surface area contributed by atoms with Crippen LogP contribution in [-0.4, -0.2) is 53.8 Å². The van der Waals surface area contributed by atoms with E-state index in [-0.39, 0.29) is 17.9 Å². The molecule has 2 unspecified atom stereocenters. The number of hydrogen-bond donors (Lipinski definition) is 1. The van der Waals surface area contributed by atoms with Crippen molar-refractivity contribution in [3.05, 3.63) is 0 Å². The Labute approximate surface area is 90.2 Å². The Kier molecular flexibility index (Phi) is 3.68. The molecule has 0 saturated carbocycles. The summed E-state index contributed by atoms with van der Waals surface area (Å²) in [5.41, 5.74) is 5.66. The first-order valence-electron chi connectivity index (χ1n) is 5.23. The summed E-state index contributed by atoms with van der Waals surface area (Å²) in [7, 11) is 1.72. The zero-order valence-corrected chi connectivity index (χ0v) is 9.56. The lowest BCUT2D eigenvalue weighted by Gasteiger charge is -2.28. The van der Waals surface area contributed by atoms with E-state index < -0.39 is 6.04 Å². The number of nitrogens with zero attached hydrogens (tertiary/aromatic N) is 2. The fourth-order valence-corrected chi connectivity index (χ4v) is 1.76. The molecule has 1 fully saturated rings. The van der Waals surface area contributed by atoms with Crippen molar-refractivity contribution in [2.75, 3.05) is 20.1 Å². The van der Waals surface area contributed by atoms with Gasteiger partial charge >= 0.3 is 0 Å². The minimum Gasteiger partial charge on any atom is -0.343 e. The highest BCUT2D eigenvalue weighted by Crippen LogP contribution is 2.11. The van der Waals surface area contributed by atoms with Gasteiger partial charge in [0.25, 0.3) is 0 Å². The lowest BCUT2D eigenvalue weighted by molar-refractivity contribution is -0.140. The molecular weight excluding hydrogens is 194 g/mol. The van der Waals surface area contributed by atoms with Gasteiger partial charge in [-0.25, -0.2) is 0 Å². The van der Waals surface area contributed by atoms with Gasteiger partial charge in [-0.05, 0) is 13.8 Å². The van der Waals surface area contributed by atoms with Gasteiger partial charge in [0, 0.05) is 32.6 Å². The van der Waals surface area contributed by atoms with Crippen LogP contribution < -0.4 is 5.73 Å². The second-order valence-electron chi connectivity index (χ2n) is 4.21. The summed E-state index contributed by atoms with van der Waals surface area (Å²) in [5.74, 6) is -0.000926. The van der Waals surface area contributed by atoms with Crippen LogP contribution in [0.1, 0.15) is 20.3 Å². The van der Waals surface area contributed by atoms with E-state index in [1.807, 2.05) is 6.92 Å². The molecule has 0 aliphatic carbocycles. The maximum absolute atomic E-state index is 11.8. The molecule has 86 valence electrons. The zero-order chi connectivity index (χ0) is 11.6. The maximum Gasteiger partial charge on any atom is 0.244 e. The van der Waals surface area contributed by atoms with Crippen molar-refractivity contribution < 1.29 is 9.59 Å². The van der Waals surface area contributed by atoms with Crippen LogP contribution in [0.5, 0.6) is 0 Å². The van der Waals surface area contributed by atoms with Crippen LogP contribution in [0.25, 0.3) is 0 Å². The van der Waals surface area contributed by atoms with E-state index in [0.717, 1.165) is 0 Å². The van der Waals surface area contributed by atoms with Crippen molar-refractivity contribution in [1.29, 1.82) is 0 Å². The molecule has 0 bridgehead atoms. The van der Waals surface area contributed by atoms with Gasteiger partial charge in [0.05, 0.1) is 0 Å². The summed E-state index contributed by atoms with van der Waals surface area (Å²) in [5, 5.41) is 0. The molecule has 1 aliphatic heterocycles. The highest BCUT2D eigenvalue weighted by atomic mass is 16.2.